The van der Waals surface area contributed by atoms with Crippen molar-refractivity contribution in [2.24, 2.45) is 0 Å². The summed E-state index contributed by atoms with van der Waals surface area (Å²) in [7, 11) is 2.40. The topological polar surface area (TPSA) is 48.0 Å². The summed E-state index contributed by atoms with van der Waals surface area (Å²) in [5.41, 5.74) is 3.52. The van der Waals surface area contributed by atoms with Crippen molar-refractivity contribution in [2.75, 3.05) is 18.8 Å². The van der Waals surface area contributed by atoms with Crippen molar-refractivity contribution in [1.82, 2.24) is 0 Å². The van der Waals surface area contributed by atoms with E-state index >= 15 is 0 Å². The average Bonchev–Trinajstić information content (AvgIpc) is 3.22. The van der Waals surface area contributed by atoms with Gasteiger partial charge in [-0.05, 0) is 44.8 Å². The van der Waals surface area contributed by atoms with Crippen LogP contribution in [0.1, 0.15) is 11.1 Å². The molecule has 7 rings (SSSR count). The molecule has 0 saturated carbocycles. The maximum Gasteiger partial charge on any atom is 0.309 e. The van der Waals surface area contributed by atoms with Crippen molar-refractivity contribution >= 4 is 51.6 Å². The Balaban J connectivity index is 1.58. The predicted octanol–water partition coefficient (Wildman–Crippen LogP) is 9.95. The lowest BCUT2D eigenvalue weighted by molar-refractivity contribution is 0.306. The highest BCUT2D eigenvalue weighted by atomic mass is 31.1. The minimum atomic E-state index is -1.53. The van der Waals surface area contributed by atoms with E-state index < -0.39 is 8.16 Å². The van der Waals surface area contributed by atoms with E-state index in [1.54, 1.807) is 0 Å². The second kappa shape index (κ2) is 11.3. The number of benzene rings is 6. The van der Waals surface area contributed by atoms with Crippen molar-refractivity contribution in [3.63, 3.8) is 0 Å². The molecule has 7 aromatic rings. The lowest BCUT2D eigenvalue weighted by Crippen LogP contribution is -2.02. The summed E-state index contributed by atoms with van der Waals surface area (Å²) in [5, 5.41) is 6.13. The molecule has 6 heteroatoms. The summed E-state index contributed by atoms with van der Waals surface area (Å²) in [6, 6.07) is 41.2. The number of nitrogens with zero attached hydrogens (tertiary/aromatic N) is 1. The van der Waals surface area contributed by atoms with Gasteiger partial charge in [0.05, 0.1) is 0 Å². The summed E-state index contributed by atoms with van der Waals surface area (Å²) in [6.07, 6.45) is 0. The van der Waals surface area contributed by atoms with Crippen molar-refractivity contribution in [2.45, 2.75) is 13.2 Å². The highest BCUT2D eigenvalue weighted by molar-refractivity contribution is 7.38. The lowest BCUT2D eigenvalue weighted by Gasteiger charge is -2.13. The van der Waals surface area contributed by atoms with E-state index in [4.69, 9.17) is 17.9 Å². The zero-order valence-corrected chi connectivity index (χ0v) is 24.4. The molecular formula is C36H30NO4P. The first-order valence-corrected chi connectivity index (χ1v) is 15.1. The summed E-state index contributed by atoms with van der Waals surface area (Å²) in [6.45, 7) is 0.840. The molecule has 0 aliphatic rings. The second-order valence-corrected chi connectivity index (χ2v) is 12.1. The van der Waals surface area contributed by atoms with Crippen LogP contribution < -0.4 is 14.1 Å². The van der Waals surface area contributed by atoms with Crippen LogP contribution in [-0.4, -0.2) is 14.1 Å². The van der Waals surface area contributed by atoms with Crippen molar-refractivity contribution in [3.8, 4) is 11.5 Å². The maximum absolute atomic E-state index is 6.78. The molecule has 0 aliphatic carbocycles. The Labute approximate surface area is 245 Å². The third kappa shape index (κ3) is 4.98. The standard InChI is InChI=1S/C36H30NO4P/c1-37(2)42-40-35-31(38-23-25-13-5-3-6-14-25)21-27-17-9-11-19-29(27)33(35)34-30-20-12-10-18-28(30)22-32(36(34)41-42)39-24-26-15-7-4-8-16-26/h3-22H,23-24H2,1-2H3. The highest BCUT2D eigenvalue weighted by Gasteiger charge is 2.21. The van der Waals surface area contributed by atoms with Crippen LogP contribution in [0.25, 0.3) is 43.5 Å². The van der Waals surface area contributed by atoms with Crippen LogP contribution in [0.2, 0.25) is 0 Å². The Hall–Kier alpha value is -4.70. The van der Waals surface area contributed by atoms with Crippen molar-refractivity contribution in [3.05, 3.63) is 132 Å². The molecule has 208 valence electrons. The molecule has 0 amide bonds. The number of hydrogen-bond acceptors (Lipinski definition) is 5. The molecular weight excluding hydrogens is 541 g/mol. The zero-order chi connectivity index (χ0) is 28.5. The van der Waals surface area contributed by atoms with Gasteiger partial charge in [0.1, 0.15) is 13.2 Å². The molecule has 0 atom stereocenters. The zero-order valence-electron chi connectivity index (χ0n) is 23.5. The first-order valence-electron chi connectivity index (χ1n) is 13.9. The largest absolute Gasteiger partial charge is 0.485 e. The molecule has 1 heterocycles. The average molecular weight is 572 g/mol. The molecule has 0 radical (unpaired) electrons. The summed E-state index contributed by atoms with van der Waals surface area (Å²) in [5.74, 6) is 1.36. The Bertz CT molecular complexity index is 1930. The highest BCUT2D eigenvalue weighted by Crippen LogP contribution is 2.47. The molecule has 0 N–H and O–H groups in total. The van der Waals surface area contributed by atoms with Gasteiger partial charge in [-0.15, -0.1) is 0 Å². The first-order chi connectivity index (χ1) is 20.7. The van der Waals surface area contributed by atoms with Crippen LogP contribution in [0.3, 0.4) is 0 Å². The van der Waals surface area contributed by atoms with Gasteiger partial charge in [0.15, 0.2) is 22.7 Å². The summed E-state index contributed by atoms with van der Waals surface area (Å²) >= 11 is 0. The molecule has 6 aromatic carbocycles. The quantitative estimate of drug-likeness (QED) is 0.191. The van der Waals surface area contributed by atoms with Gasteiger partial charge in [-0.1, -0.05) is 109 Å². The number of fused-ring (bicyclic) bond motifs is 7. The third-order valence-electron chi connectivity index (χ3n) is 7.32. The molecule has 5 nitrogen and oxygen atoms in total. The van der Waals surface area contributed by atoms with Crippen LogP contribution in [0.5, 0.6) is 11.5 Å². The molecule has 0 saturated heterocycles. The van der Waals surface area contributed by atoms with Crippen LogP contribution in [0, 0.1) is 0 Å². The van der Waals surface area contributed by atoms with E-state index in [-0.39, 0.29) is 0 Å². The van der Waals surface area contributed by atoms with E-state index in [9.17, 15) is 0 Å². The Morgan fingerprint density at radius 2 is 0.952 bits per heavy atom. The Kier molecular flexibility index (Phi) is 7.05. The van der Waals surface area contributed by atoms with Crippen molar-refractivity contribution < 1.29 is 17.9 Å². The van der Waals surface area contributed by atoms with Gasteiger partial charge >= 0.3 is 8.16 Å². The van der Waals surface area contributed by atoms with Gasteiger partial charge in [-0.3, -0.25) is 0 Å². The monoisotopic (exact) mass is 571 g/mol. The molecule has 0 bridgehead atoms. The lowest BCUT2D eigenvalue weighted by atomic mass is 9.98. The Morgan fingerprint density at radius 1 is 0.548 bits per heavy atom. The van der Waals surface area contributed by atoms with E-state index in [2.05, 4.69) is 84.9 Å². The maximum atomic E-state index is 6.78. The molecule has 0 aliphatic heterocycles. The van der Waals surface area contributed by atoms with Gasteiger partial charge in [-0.25, -0.2) is 4.67 Å². The van der Waals surface area contributed by atoms with Gasteiger partial charge in [-0.2, -0.15) is 0 Å². The number of hydrogen-bond donors (Lipinski definition) is 0. The molecule has 1 aromatic heterocycles. The van der Waals surface area contributed by atoms with Crippen LogP contribution in [-0.2, 0) is 13.2 Å². The fourth-order valence-corrected chi connectivity index (χ4v) is 6.35. The van der Waals surface area contributed by atoms with E-state index in [1.165, 1.54) is 0 Å². The van der Waals surface area contributed by atoms with Crippen LogP contribution in [0.15, 0.2) is 130 Å². The molecule has 42 heavy (non-hydrogen) atoms. The third-order valence-corrected chi connectivity index (χ3v) is 8.66. The SMILES string of the molecule is CN(C)p1oc2c(OCc3ccccc3)cc3ccccc3c2c2c(o1)c(OCc1ccccc1)cc1ccccc12. The van der Waals surface area contributed by atoms with E-state index in [0.717, 1.165) is 43.4 Å². The number of ether oxygens (including phenoxy) is 2. The predicted molar refractivity (Wildman–Crippen MR) is 173 cm³/mol. The van der Waals surface area contributed by atoms with Gasteiger partial charge in [0, 0.05) is 24.9 Å². The molecule has 0 unspecified atom stereocenters. The minimum absolute atomic E-state index is 0.420. The normalized spacial score (nSPS) is 11.5. The minimum Gasteiger partial charge on any atom is -0.485 e. The van der Waals surface area contributed by atoms with Gasteiger partial charge < -0.3 is 17.9 Å². The molecule has 0 spiro atoms. The van der Waals surface area contributed by atoms with Crippen LogP contribution >= 0.6 is 8.16 Å². The van der Waals surface area contributed by atoms with Crippen LogP contribution in [0.4, 0.5) is 0 Å². The van der Waals surface area contributed by atoms with E-state index in [0.29, 0.717) is 35.9 Å². The first kappa shape index (κ1) is 26.2. The fourth-order valence-electron chi connectivity index (χ4n) is 5.31. The second-order valence-electron chi connectivity index (χ2n) is 10.4. The molecule has 0 fully saturated rings. The Morgan fingerprint density at radius 3 is 1.38 bits per heavy atom. The van der Waals surface area contributed by atoms with Gasteiger partial charge in [0.2, 0.25) is 0 Å². The smallest absolute Gasteiger partial charge is 0.309 e. The summed E-state index contributed by atoms with van der Waals surface area (Å²) < 4.78 is 28.6. The summed E-state index contributed by atoms with van der Waals surface area (Å²) in [4.78, 5) is 0. The van der Waals surface area contributed by atoms with E-state index in [1.807, 2.05) is 55.2 Å². The number of rotatable bonds is 7. The van der Waals surface area contributed by atoms with Gasteiger partial charge in [0.25, 0.3) is 0 Å². The fraction of sp³-hybridized carbons (Fsp3) is 0.111. The van der Waals surface area contributed by atoms with Crippen molar-refractivity contribution in [1.29, 1.82) is 0 Å².